The Morgan fingerprint density at radius 2 is 1.90 bits per heavy atom. The molecular formula is C22H25BrN2O4. The topological polar surface area (TPSA) is 67.9 Å². The highest BCUT2D eigenvalue weighted by Crippen LogP contribution is 2.40. The van der Waals surface area contributed by atoms with Gasteiger partial charge in [-0.2, -0.15) is 0 Å². The molecule has 6 nitrogen and oxygen atoms in total. The van der Waals surface area contributed by atoms with Crippen molar-refractivity contribution in [3.8, 4) is 0 Å². The van der Waals surface area contributed by atoms with Gasteiger partial charge in [0.1, 0.15) is 6.61 Å². The monoisotopic (exact) mass is 460 g/mol. The van der Waals surface area contributed by atoms with Crippen LogP contribution in [0.15, 0.2) is 53.0 Å². The van der Waals surface area contributed by atoms with E-state index in [0.717, 1.165) is 27.7 Å². The second-order valence-electron chi connectivity index (χ2n) is 6.83. The molecule has 0 saturated carbocycles. The fourth-order valence-corrected chi connectivity index (χ4v) is 3.94. The second-order valence-corrected chi connectivity index (χ2v) is 7.74. The fraction of sp³-hybridized carbons (Fsp3) is 0.364. The van der Waals surface area contributed by atoms with Crippen molar-refractivity contribution in [3.63, 3.8) is 0 Å². The normalized spacial score (nSPS) is 18.0. The first-order valence-corrected chi connectivity index (χ1v) is 10.5. The minimum Gasteiger partial charge on any atom is -0.449 e. The van der Waals surface area contributed by atoms with Gasteiger partial charge in [0.15, 0.2) is 0 Å². The summed E-state index contributed by atoms with van der Waals surface area (Å²) in [6.07, 6.45) is 0.474. The molecule has 0 spiro atoms. The lowest BCUT2D eigenvalue weighted by atomic mass is 9.90. The van der Waals surface area contributed by atoms with Crippen LogP contribution in [-0.4, -0.2) is 24.8 Å². The predicted octanol–water partition coefficient (Wildman–Crippen LogP) is 5.56. The molecule has 2 aromatic carbocycles. The summed E-state index contributed by atoms with van der Waals surface area (Å²) < 4.78 is 11.5. The Balaban J connectivity index is 1.79. The molecule has 2 amide bonds. The van der Waals surface area contributed by atoms with Crippen LogP contribution < -0.4 is 10.2 Å². The predicted molar refractivity (Wildman–Crippen MR) is 115 cm³/mol. The number of anilines is 1. The SMILES string of the molecule is CCOC(=O)N1c2ccc(Br)cc2[C@@H](NC(=O)OCc2ccccc2)C[C@H]1CC. The van der Waals surface area contributed by atoms with Crippen LogP contribution in [0.1, 0.15) is 43.9 Å². The number of benzene rings is 2. The van der Waals surface area contributed by atoms with Crippen molar-refractivity contribution >= 4 is 33.8 Å². The van der Waals surface area contributed by atoms with E-state index in [9.17, 15) is 9.59 Å². The van der Waals surface area contributed by atoms with E-state index in [1.807, 2.05) is 55.5 Å². The Labute approximate surface area is 179 Å². The van der Waals surface area contributed by atoms with Gasteiger partial charge in [0.05, 0.1) is 18.3 Å². The van der Waals surface area contributed by atoms with Crippen LogP contribution in [0.25, 0.3) is 0 Å². The first-order chi connectivity index (χ1) is 14.0. The summed E-state index contributed by atoms with van der Waals surface area (Å²) in [6.45, 7) is 4.33. The van der Waals surface area contributed by atoms with E-state index < -0.39 is 6.09 Å². The van der Waals surface area contributed by atoms with Gasteiger partial charge >= 0.3 is 12.2 Å². The summed E-state index contributed by atoms with van der Waals surface area (Å²) in [5, 5.41) is 2.97. The molecule has 2 aromatic rings. The van der Waals surface area contributed by atoms with Crippen molar-refractivity contribution in [2.45, 2.75) is 45.4 Å². The van der Waals surface area contributed by atoms with Crippen LogP contribution in [0.2, 0.25) is 0 Å². The van der Waals surface area contributed by atoms with E-state index in [4.69, 9.17) is 9.47 Å². The Morgan fingerprint density at radius 1 is 1.14 bits per heavy atom. The number of fused-ring (bicyclic) bond motifs is 1. The van der Waals surface area contributed by atoms with E-state index in [1.165, 1.54) is 0 Å². The minimum atomic E-state index is -0.482. The molecular weight excluding hydrogens is 436 g/mol. The Morgan fingerprint density at radius 3 is 2.59 bits per heavy atom. The number of amides is 2. The largest absolute Gasteiger partial charge is 0.449 e. The maximum Gasteiger partial charge on any atom is 0.414 e. The number of alkyl carbamates (subject to hydrolysis) is 1. The van der Waals surface area contributed by atoms with E-state index >= 15 is 0 Å². The lowest BCUT2D eigenvalue weighted by molar-refractivity contribution is 0.133. The van der Waals surface area contributed by atoms with Crippen molar-refractivity contribution in [2.24, 2.45) is 0 Å². The van der Waals surface area contributed by atoms with Crippen LogP contribution in [0.5, 0.6) is 0 Å². The van der Waals surface area contributed by atoms with Gasteiger partial charge in [-0.05, 0) is 49.1 Å². The lowest BCUT2D eigenvalue weighted by Gasteiger charge is -2.40. The molecule has 0 unspecified atom stereocenters. The van der Waals surface area contributed by atoms with Crippen molar-refractivity contribution in [3.05, 3.63) is 64.1 Å². The zero-order valence-corrected chi connectivity index (χ0v) is 18.1. The second kappa shape index (κ2) is 9.78. The Bertz CT molecular complexity index is 859. The summed E-state index contributed by atoms with van der Waals surface area (Å²) in [5.41, 5.74) is 2.53. The maximum absolute atomic E-state index is 12.6. The van der Waals surface area contributed by atoms with Gasteiger partial charge in [-0.25, -0.2) is 9.59 Å². The van der Waals surface area contributed by atoms with Gasteiger partial charge in [-0.15, -0.1) is 0 Å². The number of hydrogen-bond acceptors (Lipinski definition) is 4. The van der Waals surface area contributed by atoms with Crippen molar-refractivity contribution in [2.75, 3.05) is 11.5 Å². The first-order valence-electron chi connectivity index (χ1n) is 9.76. The number of nitrogens with zero attached hydrogens (tertiary/aromatic N) is 1. The molecule has 0 aromatic heterocycles. The van der Waals surface area contributed by atoms with Crippen molar-refractivity contribution in [1.82, 2.24) is 5.32 Å². The van der Waals surface area contributed by atoms with Crippen molar-refractivity contribution < 1.29 is 19.1 Å². The average Bonchev–Trinajstić information content (AvgIpc) is 2.73. The molecule has 0 saturated heterocycles. The Kier molecular flexibility index (Phi) is 7.14. The highest BCUT2D eigenvalue weighted by Gasteiger charge is 2.37. The molecule has 0 fully saturated rings. The third-order valence-corrected chi connectivity index (χ3v) is 5.43. The molecule has 0 aliphatic carbocycles. The number of ether oxygens (including phenoxy) is 2. The average molecular weight is 461 g/mol. The van der Waals surface area contributed by atoms with Crippen LogP contribution >= 0.6 is 15.9 Å². The van der Waals surface area contributed by atoms with Gasteiger partial charge in [0.25, 0.3) is 0 Å². The van der Waals surface area contributed by atoms with E-state index in [1.54, 1.807) is 11.8 Å². The van der Waals surface area contributed by atoms with Crippen LogP contribution in [0.3, 0.4) is 0 Å². The van der Waals surface area contributed by atoms with Gasteiger partial charge in [0, 0.05) is 10.5 Å². The molecule has 1 heterocycles. The highest BCUT2D eigenvalue weighted by molar-refractivity contribution is 9.10. The Hall–Kier alpha value is -2.54. The summed E-state index contributed by atoms with van der Waals surface area (Å²) in [4.78, 5) is 26.7. The quantitative estimate of drug-likeness (QED) is 0.633. The number of carbonyl (C=O) groups is 2. The summed E-state index contributed by atoms with van der Waals surface area (Å²) in [6, 6.07) is 14.9. The van der Waals surface area contributed by atoms with Crippen molar-refractivity contribution in [1.29, 1.82) is 0 Å². The molecule has 2 atom stereocenters. The van der Waals surface area contributed by atoms with Crippen LogP contribution in [0.4, 0.5) is 15.3 Å². The third kappa shape index (κ3) is 5.09. The van der Waals surface area contributed by atoms with Crippen LogP contribution in [0, 0.1) is 0 Å². The molecule has 0 radical (unpaired) electrons. The molecule has 3 rings (SSSR count). The van der Waals surface area contributed by atoms with E-state index in [2.05, 4.69) is 21.2 Å². The molecule has 29 heavy (non-hydrogen) atoms. The lowest BCUT2D eigenvalue weighted by Crippen LogP contribution is -2.47. The molecule has 154 valence electrons. The minimum absolute atomic E-state index is 0.0813. The number of rotatable bonds is 5. The summed E-state index contributed by atoms with van der Waals surface area (Å²) in [5.74, 6) is 0. The molecule has 0 bridgehead atoms. The molecule has 1 aliphatic rings. The van der Waals surface area contributed by atoms with E-state index in [0.29, 0.717) is 13.0 Å². The molecule has 7 heteroatoms. The van der Waals surface area contributed by atoms with Gasteiger partial charge in [0.2, 0.25) is 0 Å². The standard InChI is InChI=1S/C22H25BrN2O4/c1-3-17-13-19(24-21(26)29-14-15-8-6-5-7-9-15)18-12-16(23)10-11-20(18)25(17)22(27)28-4-2/h5-12,17,19H,3-4,13-14H2,1-2H3,(H,24,26)/t17-,19+/m1/s1. The highest BCUT2D eigenvalue weighted by atomic mass is 79.9. The molecule has 1 aliphatic heterocycles. The first kappa shape index (κ1) is 21.2. The fourth-order valence-electron chi connectivity index (χ4n) is 3.56. The zero-order chi connectivity index (χ0) is 20.8. The van der Waals surface area contributed by atoms with E-state index in [-0.39, 0.29) is 24.8 Å². The maximum atomic E-state index is 12.6. The number of nitrogens with one attached hydrogen (secondary N) is 1. The van der Waals surface area contributed by atoms with Crippen LogP contribution in [-0.2, 0) is 16.1 Å². The smallest absolute Gasteiger partial charge is 0.414 e. The van der Waals surface area contributed by atoms with Gasteiger partial charge in [-0.1, -0.05) is 53.2 Å². The zero-order valence-electron chi connectivity index (χ0n) is 16.6. The number of halogens is 1. The number of carbonyl (C=O) groups excluding carboxylic acids is 2. The van der Waals surface area contributed by atoms with Gasteiger partial charge < -0.3 is 14.8 Å². The summed E-state index contributed by atoms with van der Waals surface area (Å²) >= 11 is 3.49. The number of hydrogen-bond donors (Lipinski definition) is 1. The summed E-state index contributed by atoms with van der Waals surface area (Å²) in [7, 11) is 0. The third-order valence-electron chi connectivity index (χ3n) is 4.94. The molecule has 1 N–H and O–H groups in total. The van der Waals surface area contributed by atoms with Gasteiger partial charge in [-0.3, -0.25) is 4.90 Å².